The number of carbonyl (C=O) groups excluding carboxylic acids is 2. The zero-order valence-electron chi connectivity index (χ0n) is 19.4. The first kappa shape index (κ1) is 23.1. The lowest BCUT2D eigenvalue weighted by atomic mass is 9.81. The highest BCUT2D eigenvalue weighted by Gasteiger charge is 2.27. The summed E-state index contributed by atoms with van der Waals surface area (Å²) in [5.74, 6) is 0.615. The minimum absolute atomic E-state index is 0.121. The van der Waals surface area contributed by atoms with Gasteiger partial charge in [0.05, 0.1) is 12.2 Å². The number of hydrogen-bond acceptors (Lipinski definition) is 3. The van der Waals surface area contributed by atoms with E-state index in [1.54, 1.807) is 0 Å². The third-order valence-electron chi connectivity index (χ3n) is 6.56. The maximum Gasteiger partial charge on any atom is 0.339 e. The predicted molar refractivity (Wildman–Crippen MR) is 123 cm³/mol. The normalized spacial score (nSPS) is 18.6. The first-order chi connectivity index (χ1) is 14.9. The number of amides is 1. The van der Waals surface area contributed by atoms with Crippen molar-refractivity contribution in [3.63, 3.8) is 0 Å². The topological polar surface area (TPSA) is 60.3 Å². The van der Waals surface area contributed by atoms with Crippen molar-refractivity contribution in [3.05, 3.63) is 58.4 Å². The minimum atomic E-state index is -0.243. The molecule has 1 aliphatic carbocycles. The maximum atomic E-state index is 12.6. The molecular formula is C26H36N2O3. The van der Waals surface area contributed by atoms with Crippen LogP contribution in [0, 0.1) is 32.6 Å². The number of nitrogens with one attached hydrogen (secondary N) is 1. The van der Waals surface area contributed by atoms with Crippen LogP contribution in [0.25, 0.3) is 0 Å². The molecule has 1 amide bonds. The predicted octanol–water partition coefficient (Wildman–Crippen LogP) is 4.76. The molecule has 2 aromatic rings. The number of carbonyl (C=O) groups is 2. The Bertz CT molecular complexity index is 890. The summed E-state index contributed by atoms with van der Waals surface area (Å²) < 4.78 is 7.41. The van der Waals surface area contributed by atoms with Gasteiger partial charge < -0.3 is 14.6 Å². The molecule has 1 fully saturated rings. The molecule has 0 spiro atoms. The summed E-state index contributed by atoms with van der Waals surface area (Å²) in [6.45, 7) is 9.93. The smallest absolute Gasteiger partial charge is 0.339 e. The van der Waals surface area contributed by atoms with Gasteiger partial charge in [-0.1, -0.05) is 29.8 Å². The Morgan fingerprint density at radius 1 is 1.06 bits per heavy atom. The minimum Gasteiger partial charge on any atom is -0.462 e. The molecule has 5 heteroatoms. The fourth-order valence-corrected chi connectivity index (χ4v) is 4.59. The summed E-state index contributed by atoms with van der Waals surface area (Å²) in [7, 11) is 0. The second-order valence-corrected chi connectivity index (χ2v) is 8.86. The summed E-state index contributed by atoms with van der Waals surface area (Å²) in [4.78, 5) is 24.7. The molecule has 3 rings (SSSR count). The van der Waals surface area contributed by atoms with E-state index in [4.69, 9.17) is 4.74 Å². The van der Waals surface area contributed by atoms with Crippen LogP contribution in [0.4, 0.5) is 0 Å². The summed E-state index contributed by atoms with van der Waals surface area (Å²) in [6.07, 6.45) is 4.83. The molecule has 5 nitrogen and oxygen atoms in total. The average Bonchev–Trinajstić information content (AvgIpc) is 3.04. The average molecular weight is 425 g/mol. The molecule has 31 heavy (non-hydrogen) atoms. The van der Waals surface area contributed by atoms with Gasteiger partial charge in [0.1, 0.15) is 0 Å². The largest absolute Gasteiger partial charge is 0.462 e. The van der Waals surface area contributed by atoms with Gasteiger partial charge in [0.2, 0.25) is 5.91 Å². The van der Waals surface area contributed by atoms with E-state index in [0.29, 0.717) is 24.6 Å². The van der Waals surface area contributed by atoms with Crippen LogP contribution >= 0.6 is 0 Å². The Morgan fingerprint density at radius 3 is 2.39 bits per heavy atom. The lowest BCUT2D eigenvalue weighted by Crippen LogP contribution is -2.35. The standard InChI is InChI=1S/C26H36N2O3/c1-5-31-26(30)24-16-19(3)28(20(24)4)17-22-10-12-23(13-11-22)25(29)27-15-14-21-8-6-18(2)7-9-21/h6-9,16,22-23H,5,10-15,17H2,1-4H3,(H,27,29). The highest BCUT2D eigenvalue weighted by molar-refractivity contribution is 5.91. The van der Waals surface area contributed by atoms with Gasteiger partial charge in [-0.15, -0.1) is 0 Å². The van der Waals surface area contributed by atoms with E-state index in [1.165, 1.54) is 11.1 Å². The fourth-order valence-electron chi connectivity index (χ4n) is 4.59. The van der Waals surface area contributed by atoms with Crippen LogP contribution in [-0.2, 0) is 22.5 Å². The number of benzene rings is 1. The number of ether oxygens (including phenoxy) is 1. The number of esters is 1. The molecule has 0 saturated heterocycles. The third-order valence-corrected chi connectivity index (χ3v) is 6.56. The number of nitrogens with zero attached hydrogens (tertiary/aromatic N) is 1. The van der Waals surface area contributed by atoms with Crippen molar-refractivity contribution in [2.45, 2.75) is 66.3 Å². The Labute approximate surface area is 186 Å². The van der Waals surface area contributed by atoms with E-state index in [0.717, 1.165) is 50.0 Å². The first-order valence-corrected chi connectivity index (χ1v) is 11.6. The Morgan fingerprint density at radius 2 is 1.74 bits per heavy atom. The fraction of sp³-hybridized carbons (Fsp3) is 0.538. The van der Waals surface area contributed by atoms with Gasteiger partial charge in [-0.2, -0.15) is 0 Å². The van der Waals surface area contributed by atoms with Crippen LogP contribution in [0.1, 0.15) is 65.5 Å². The molecule has 1 aromatic heterocycles. The van der Waals surface area contributed by atoms with Gasteiger partial charge in [0.15, 0.2) is 0 Å². The van der Waals surface area contributed by atoms with Crippen LogP contribution < -0.4 is 5.32 Å². The second kappa shape index (κ2) is 10.7. The molecule has 0 aliphatic heterocycles. The molecular weight excluding hydrogens is 388 g/mol. The van der Waals surface area contributed by atoms with Crippen molar-refractivity contribution in [2.75, 3.05) is 13.2 Å². The second-order valence-electron chi connectivity index (χ2n) is 8.86. The van der Waals surface area contributed by atoms with Crippen molar-refractivity contribution in [1.29, 1.82) is 0 Å². The van der Waals surface area contributed by atoms with Crippen LogP contribution in [0.2, 0.25) is 0 Å². The van der Waals surface area contributed by atoms with E-state index in [1.807, 2.05) is 26.8 Å². The number of aromatic nitrogens is 1. The summed E-state index contributed by atoms with van der Waals surface area (Å²) in [6, 6.07) is 10.4. The third kappa shape index (κ3) is 5.99. The van der Waals surface area contributed by atoms with Crippen LogP contribution in [0.5, 0.6) is 0 Å². The van der Waals surface area contributed by atoms with Crippen LogP contribution in [0.15, 0.2) is 30.3 Å². The first-order valence-electron chi connectivity index (χ1n) is 11.6. The Hall–Kier alpha value is -2.56. The van der Waals surface area contributed by atoms with E-state index in [2.05, 4.69) is 41.1 Å². The molecule has 1 heterocycles. The molecule has 0 bridgehead atoms. The lowest BCUT2D eigenvalue weighted by Gasteiger charge is -2.29. The van der Waals surface area contributed by atoms with E-state index in [9.17, 15) is 9.59 Å². The Balaban J connectivity index is 1.45. The van der Waals surface area contributed by atoms with Crippen molar-refractivity contribution in [2.24, 2.45) is 11.8 Å². The molecule has 1 aromatic carbocycles. The molecule has 0 unspecified atom stereocenters. The molecule has 1 aliphatic rings. The Kier molecular flexibility index (Phi) is 7.94. The zero-order valence-corrected chi connectivity index (χ0v) is 19.4. The maximum absolute atomic E-state index is 12.6. The van der Waals surface area contributed by atoms with Gasteiger partial charge in [-0.05, 0) is 77.3 Å². The van der Waals surface area contributed by atoms with E-state index < -0.39 is 0 Å². The molecule has 168 valence electrons. The number of aryl methyl sites for hydroxylation is 2. The number of rotatable bonds is 8. The van der Waals surface area contributed by atoms with Crippen molar-refractivity contribution in [3.8, 4) is 0 Å². The summed E-state index contributed by atoms with van der Waals surface area (Å²) in [5, 5.41) is 3.13. The van der Waals surface area contributed by atoms with Crippen molar-refractivity contribution >= 4 is 11.9 Å². The van der Waals surface area contributed by atoms with Crippen molar-refractivity contribution < 1.29 is 14.3 Å². The van der Waals surface area contributed by atoms with Gasteiger partial charge in [-0.3, -0.25) is 4.79 Å². The molecule has 1 N–H and O–H groups in total. The number of hydrogen-bond donors (Lipinski definition) is 1. The highest BCUT2D eigenvalue weighted by Crippen LogP contribution is 2.31. The van der Waals surface area contributed by atoms with Gasteiger partial charge in [0.25, 0.3) is 0 Å². The molecule has 0 atom stereocenters. The zero-order chi connectivity index (χ0) is 22.4. The van der Waals surface area contributed by atoms with Gasteiger partial charge >= 0.3 is 5.97 Å². The summed E-state index contributed by atoms with van der Waals surface area (Å²) >= 11 is 0. The van der Waals surface area contributed by atoms with E-state index in [-0.39, 0.29) is 17.8 Å². The van der Waals surface area contributed by atoms with Gasteiger partial charge in [0, 0.05) is 30.4 Å². The van der Waals surface area contributed by atoms with E-state index >= 15 is 0 Å². The molecule has 1 saturated carbocycles. The van der Waals surface area contributed by atoms with Crippen LogP contribution in [-0.4, -0.2) is 29.6 Å². The lowest BCUT2D eigenvalue weighted by molar-refractivity contribution is -0.126. The quantitative estimate of drug-likeness (QED) is 0.622. The van der Waals surface area contributed by atoms with Gasteiger partial charge in [-0.25, -0.2) is 4.79 Å². The monoisotopic (exact) mass is 424 g/mol. The SMILES string of the molecule is CCOC(=O)c1cc(C)n(CC2CCC(C(=O)NCCc3ccc(C)cc3)CC2)c1C. The molecule has 0 radical (unpaired) electrons. The van der Waals surface area contributed by atoms with Crippen molar-refractivity contribution in [1.82, 2.24) is 9.88 Å². The summed E-state index contributed by atoms with van der Waals surface area (Å²) in [5.41, 5.74) is 5.26. The van der Waals surface area contributed by atoms with Crippen LogP contribution in [0.3, 0.4) is 0 Å². The highest BCUT2D eigenvalue weighted by atomic mass is 16.5.